The monoisotopic (exact) mass is 359 g/mol. The first-order chi connectivity index (χ1) is 13.1. The molecule has 1 amide bonds. The molecule has 1 aliphatic heterocycles. The zero-order chi connectivity index (χ0) is 19.2. The standard InChI is InChI=1S/C23H25N3O/c1-4-21(22-10-5-6-13-26(22)3)17(2)19-8-7-9-20(15-19)25-23(27)14-18-11-12-24-16-18/h5-13,15-16,24H,2,4,14H2,1,3H3,(H,25,27)/b22-21-. The predicted molar refractivity (Wildman–Crippen MR) is 112 cm³/mol. The molecule has 27 heavy (non-hydrogen) atoms. The molecular formula is C23H25N3O. The number of carbonyl (C=O) groups excluding carboxylic acids is 1. The Kier molecular flexibility index (Phi) is 5.77. The van der Waals surface area contributed by atoms with E-state index in [1.807, 2.05) is 68.1 Å². The van der Waals surface area contributed by atoms with Crippen LogP contribution >= 0.6 is 0 Å². The summed E-state index contributed by atoms with van der Waals surface area (Å²) < 4.78 is 0. The van der Waals surface area contributed by atoms with E-state index in [0.29, 0.717) is 6.42 Å². The number of H-pyrrole nitrogens is 1. The van der Waals surface area contributed by atoms with Gasteiger partial charge in [0.2, 0.25) is 5.91 Å². The number of rotatable bonds is 6. The van der Waals surface area contributed by atoms with Crippen molar-refractivity contribution in [2.75, 3.05) is 12.4 Å². The molecule has 2 heterocycles. The van der Waals surface area contributed by atoms with Gasteiger partial charge < -0.3 is 15.2 Å². The minimum atomic E-state index is -0.0356. The summed E-state index contributed by atoms with van der Waals surface area (Å²) in [7, 11) is 2.04. The lowest BCUT2D eigenvalue weighted by Crippen LogP contribution is -2.14. The number of benzene rings is 1. The van der Waals surface area contributed by atoms with Gasteiger partial charge >= 0.3 is 0 Å². The Labute approximate surface area is 160 Å². The van der Waals surface area contributed by atoms with Gasteiger partial charge in [-0.2, -0.15) is 0 Å². The molecule has 2 N–H and O–H groups in total. The zero-order valence-corrected chi connectivity index (χ0v) is 15.8. The van der Waals surface area contributed by atoms with Crippen LogP contribution in [0.1, 0.15) is 24.5 Å². The van der Waals surface area contributed by atoms with Gasteiger partial charge in [-0.15, -0.1) is 0 Å². The minimum Gasteiger partial charge on any atom is -0.367 e. The van der Waals surface area contributed by atoms with Crippen LogP contribution in [0, 0.1) is 0 Å². The lowest BCUT2D eigenvalue weighted by molar-refractivity contribution is -0.115. The number of likely N-dealkylation sites (N-methyl/N-ethyl adjacent to an activating group) is 1. The lowest BCUT2D eigenvalue weighted by Gasteiger charge is -2.23. The largest absolute Gasteiger partial charge is 0.367 e. The highest BCUT2D eigenvalue weighted by Crippen LogP contribution is 2.30. The van der Waals surface area contributed by atoms with Crippen molar-refractivity contribution in [1.29, 1.82) is 0 Å². The number of nitrogens with one attached hydrogen (secondary N) is 2. The van der Waals surface area contributed by atoms with Crippen molar-refractivity contribution in [3.63, 3.8) is 0 Å². The third-order valence-electron chi connectivity index (χ3n) is 4.60. The topological polar surface area (TPSA) is 48.1 Å². The molecule has 0 saturated heterocycles. The van der Waals surface area contributed by atoms with E-state index in [9.17, 15) is 4.79 Å². The van der Waals surface area contributed by atoms with Crippen molar-refractivity contribution in [2.24, 2.45) is 0 Å². The summed E-state index contributed by atoms with van der Waals surface area (Å²) in [4.78, 5) is 17.3. The van der Waals surface area contributed by atoms with Gasteiger partial charge in [0.1, 0.15) is 0 Å². The minimum absolute atomic E-state index is 0.0356. The van der Waals surface area contributed by atoms with Crippen LogP contribution in [0.4, 0.5) is 5.69 Å². The van der Waals surface area contributed by atoms with Crippen molar-refractivity contribution >= 4 is 17.2 Å². The van der Waals surface area contributed by atoms with Gasteiger partial charge in [-0.05, 0) is 59.0 Å². The Morgan fingerprint density at radius 1 is 1.26 bits per heavy atom. The Morgan fingerprint density at radius 3 is 2.81 bits per heavy atom. The first-order valence-corrected chi connectivity index (χ1v) is 9.10. The highest BCUT2D eigenvalue weighted by Gasteiger charge is 2.13. The van der Waals surface area contributed by atoms with Crippen molar-refractivity contribution in [3.8, 4) is 0 Å². The number of allylic oxidation sites excluding steroid dienone is 5. The number of hydrogen-bond acceptors (Lipinski definition) is 2. The molecule has 2 aromatic rings. The second kappa shape index (κ2) is 8.41. The molecule has 0 unspecified atom stereocenters. The SMILES string of the molecule is C=C(/C(CC)=C1/C=CC=CN1C)c1cccc(NC(=O)Cc2cc[nH]c2)c1. The summed E-state index contributed by atoms with van der Waals surface area (Å²) in [6, 6.07) is 9.77. The van der Waals surface area contributed by atoms with E-state index in [0.717, 1.165) is 34.5 Å². The first-order valence-electron chi connectivity index (χ1n) is 9.10. The summed E-state index contributed by atoms with van der Waals surface area (Å²) in [6.45, 7) is 6.46. The van der Waals surface area contributed by atoms with Gasteiger partial charge in [-0.3, -0.25) is 4.79 Å². The summed E-state index contributed by atoms with van der Waals surface area (Å²) >= 11 is 0. The summed E-state index contributed by atoms with van der Waals surface area (Å²) in [5.74, 6) is -0.0356. The quantitative estimate of drug-likeness (QED) is 0.771. The fraction of sp³-hybridized carbons (Fsp3) is 0.174. The smallest absolute Gasteiger partial charge is 0.228 e. The van der Waals surface area contributed by atoms with E-state index in [2.05, 4.69) is 34.8 Å². The van der Waals surface area contributed by atoms with Crippen molar-refractivity contribution in [1.82, 2.24) is 9.88 Å². The third-order valence-corrected chi connectivity index (χ3v) is 4.60. The highest BCUT2D eigenvalue weighted by molar-refractivity contribution is 5.93. The summed E-state index contributed by atoms with van der Waals surface area (Å²) in [6.07, 6.45) is 13.1. The maximum absolute atomic E-state index is 12.3. The molecular weight excluding hydrogens is 334 g/mol. The number of amides is 1. The van der Waals surface area contributed by atoms with Crippen LogP contribution < -0.4 is 5.32 Å². The number of hydrogen-bond donors (Lipinski definition) is 2. The molecule has 4 nitrogen and oxygen atoms in total. The van der Waals surface area contributed by atoms with E-state index in [1.54, 1.807) is 0 Å². The number of aromatic nitrogens is 1. The van der Waals surface area contributed by atoms with Gasteiger partial charge in [0.05, 0.1) is 6.42 Å². The Morgan fingerprint density at radius 2 is 2.11 bits per heavy atom. The van der Waals surface area contributed by atoms with Crippen LogP contribution in [-0.4, -0.2) is 22.8 Å². The number of nitrogens with zero attached hydrogens (tertiary/aromatic N) is 1. The molecule has 1 aromatic heterocycles. The molecule has 1 aliphatic rings. The second-order valence-electron chi connectivity index (χ2n) is 6.53. The lowest BCUT2D eigenvalue weighted by atomic mass is 9.94. The molecule has 0 fully saturated rings. The second-order valence-corrected chi connectivity index (χ2v) is 6.53. The summed E-state index contributed by atoms with van der Waals surface area (Å²) in [5.41, 5.74) is 6.06. The average molecular weight is 359 g/mol. The molecule has 0 saturated carbocycles. The van der Waals surface area contributed by atoms with Gasteiger partial charge in [-0.25, -0.2) is 0 Å². The first kappa shape index (κ1) is 18.5. The Balaban J connectivity index is 1.79. The molecule has 4 heteroatoms. The molecule has 138 valence electrons. The molecule has 1 aromatic carbocycles. The maximum atomic E-state index is 12.3. The van der Waals surface area contributed by atoms with Gasteiger partial charge in [-0.1, -0.05) is 31.7 Å². The zero-order valence-electron chi connectivity index (χ0n) is 15.8. The van der Waals surface area contributed by atoms with Crippen LogP contribution in [0.25, 0.3) is 5.57 Å². The Hall–Kier alpha value is -3.27. The molecule has 0 radical (unpaired) electrons. The van der Waals surface area contributed by atoms with Crippen LogP contribution in [0.15, 0.2) is 85.0 Å². The van der Waals surface area contributed by atoms with Crippen molar-refractivity contribution in [3.05, 3.63) is 96.1 Å². The fourth-order valence-corrected chi connectivity index (χ4v) is 3.20. The van der Waals surface area contributed by atoms with E-state index in [4.69, 9.17) is 0 Å². The predicted octanol–water partition coefficient (Wildman–Crippen LogP) is 4.89. The van der Waals surface area contributed by atoms with Crippen LogP contribution in [0.5, 0.6) is 0 Å². The number of anilines is 1. The average Bonchev–Trinajstić information content (AvgIpc) is 3.16. The molecule has 3 rings (SSSR count). The molecule has 0 bridgehead atoms. The normalized spacial score (nSPS) is 15.0. The van der Waals surface area contributed by atoms with Crippen LogP contribution in [0.3, 0.4) is 0 Å². The van der Waals surface area contributed by atoms with E-state index < -0.39 is 0 Å². The van der Waals surface area contributed by atoms with E-state index in [-0.39, 0.29) is 5.91 Å². The molecule has 0 aliphatic carbocycles. The number of carbonyl (C=O) groups is 1. The Bertz CT molecular complexity index is 917. The van der Waals surface area contributed by atoms with E-state index >= 15 is 0 Å². The highest BCUT2D eigenvalue weighted by atomic mass is 16.1. The van der Waals surface area contributed by atoms with Gasteiger partial charge in [0.15, 0.2) is 0 Å². The maximum Gasteiger partial charge on any atom is 0.228 e. The van der Waals surface area contributed by atoms with Gasteiger partial charge in [0, 0.05) is 37.0 Å². The van der Waals surface area contributed by atoms with Crippen molar-refractivity contribution in [2.45, 2.75) is 19.8 Å². The molecule has 0 atom stereocenters. The van der Waals surface area contributed by atoms with Gasteiger partial charge in [0.25, 0.3) is 0 Å². The fourth-order valence-electron chi connectivity index (χ4n) is 3.20. The van der Waals surface area contributed by atoms with Crippen LogP contribution in [0.2, 0.25) is 0 Å². The van der Waals surface area contributed by atoms with Crippen molar-refractivity contribution < 1.29 is 4.79 Å². The third kappa shape index (κ3) is 4.47. The molecule has 0 spiro atoms. The van der Waals surface area contributed by atoms with E-state index in [1.165, 1.54) is 5.57 Å². The van der Waals surface area contributed by atoms with Crippen LogP contribution in [-0.2, 0) is 11.2 Å². The number of aromatic amines is 1. The summed E-state index contributed by atoms with van der Waals surface area (Å²) in [5, 5.41) is 2.98.